The van der Waals surface area contributed by atoms with Gasteiger partial charge in [0.05, 0.1) is 7.11 Å². The quantitative estimate of drug-likeness (QED) is 0.879. The molecule has 0 fully saturated rings. The van der Waals surface area contributed by atoms with Crippen molar-refractivity contribution in [2.75, 3.05) is 7.11 Å². The Balaban J connectivity index is 2.01. The number of halogens is 1. The Morgan fingerprint density at radius 1 is 1.20 bits per heavy atom. The second kappa shape index (κ2) is 6.39. The molecule has 2 aromatic carbocycles. The van der Waals surface area contributed by atoms with Crippen LogP contribution in [0.5, 0.6) is 11.5 Å². The zero-order valence-electron chi connectivity index (χ0n) is 11.6. The first kappa shape index (κ1) is 14.3. The molecule has 0 aliphatic heterocycles. The molecular formula is C16H18FNO2. The van der Waals surface area contributed by atoms with Crippen LogP contribution in [0, 0.1) is 5.82 Å². The minimum Gasteiger partial charge on any atom is -0.507 e. The lowest BCUT2D eigenvalue weighted by Crippen LogP contribution is -2.18. The number of phenols is 1. The monoisotopic (exact) mass is 275 g/mol. The maximum Gasteiger partial charge on any atom is 0.124 e. The summed E-state index contributed by atoms with van der Waals surface area (Å²) in [5.74, 6) is 0.579. The molecule has 0 aliphatic rings. The molecule has 3 nitrogen and oxygen atoms in total. The summed E-state index contributed by atoms with van der Waals surface area (Å²) in [4.78, 5) is 0. The standard InChI is InChI=1S/C16H18FNO2/c1-11(15-8-7-14(20-2)9-16(15)19)18-10-12-3-5-13(17)6-4-12/h3-9,11,18-19H,10H2,1-2H3. The van der Waals surface area contributed by atoms with Crippen molar-refractivity contribution in [2.24, 2.45) is 0 Å². The largest absolute Gasteiger partial charge is 0.507 e. The Morgan fingerprint density at radius 2 is 1.90 bits per heavy atom. The predicted octanol–water partition coefficient (Wildman–Crippen LogP) is 3.39. The summed E-state index contributed by atoms with van der Waals surface area (Å²) in [6.07, 6.45) is 0. The number of methoxy groups -OCH3 is 1. The summed E-state index contributed by atoms with van der Waals surface area (Å²) in [7, 11) is 1.56. The summed E-state index contributed by atoms with van der Waals surface area (Å²) in [6, 6.07) is 11.6. The zero-order valence-corrected chi connectivity index (χ0v) is 11.6. The average molecular weight is 275 g/mol. The van der Waals surface area contributed by atoms with E-state index in [2.05, 4.69) is 5.32 Å². The summed E-state index contributed by atoms with van der Waals surface area (Å²) < 4.78 is 17.9. The Hall–Kier alpha value is -2.07. The van der Waals surface area contributed by atoms with Crippen LogP contribution in [0.1, 0.15) is 24.1 Å². The van der Waals surface area contributed by atoms with Gasteiger partial charge in [-0.25, -0.2) is 4.39 Å². The van der Waals surface area contributed by atoms with Crippen LogP contribution in [-0.4, -0.2) is 12.2 Å². The van der Waals surface area contributed by atoms with Crippen LogP contribution in [0.15, 0.2) is 42.5 Å². The van der Waals surface area contributed by atoms with Crippen LogP contribution in [-0.2, 0) is 6.54 Å². The van der Waals surface area contributed by atoms with Crippen LogP contribution in [0.4, 0.5) is 4.39 Å². The fraction of sp³-hybridized carbons (Fsp3) is 0.250. The van der Waals surface area contributed by atoms with E-state index in [0.717, 1.165) is 11.1 Å². The van der Waals surface area contributed by atoms with Gasteiger partial charge in [-0.3, -0.25) is 0 Å². The molecule has 2 N–H and O–H groups in total. The molecule has 0 radical (unpaired) electrons. The van der Waals surface area contributed by atoms with Crippen LogP contribution >= 0.6 is 0 Å². The van der Waals surface area contributed by atoms with Gasteiger partial charge >= 0.3 is 0 Å². The molecule has 0 saturated heterocycles. The number of hydrogen-bond donors (Lipinski definition) is 2. The number of phenolic OH excluding ortho intramolecular Hbond substituents is 1. The third kappa shape index (κ3) is 3.48. The topological polar surface area (TPSA) is 41.5 Å². The summed E-state index contributed by atoms with van der Waals surface area (Å²) in [5.41, 5.74) is 1.79. The highest BCUT2D eigenvalue weighted by Gasteiger charge is 2.10. The fourth-order valence-electron chi connectivity index (χ4n) is 2.00. The van der Waals surface area contributed by atoms with E-state index in [1.807, 2.05) is 19.1 Å². The van der Waals surface area contributed by atoms with E-state index in [-0.39, 0.29) is 17.6 Å². The van der Waals surface area contributed by atoms with Crippen molar-refractivity contribution in [2.45, 2.75) is 19.5 Å². The van der Waals surface area contributed by atoms with Crippen molar-refractivity contribution in [1.29, 1.82) is 0 Å². The number of hydrogen-bond acceptors (Lipinski definition) is 3. The molecular weight excluding hydrogens is 257 g/mol. The average Bonchev–Trinajstić information content (AvgIpc) is 2.46. The minimum absolute atomic E-state index is 0.0223. The van der Waals surface area contributed by atoms with Crippen molar-refractivity contribution < 1.29 is 14.2 Å². The van der Waals surface area contributed by atoms with Crippen molar-refractivity contribution in [3.63, 3.8) is 0 Å². The molecule has 1 unspecified atom stereocenters. The number of rotatable bonds is 5. The van der Waals surface area contributed by atoms with E-state index in [0.29, 0.717) is 12.3 Å². The van der Waals surface area contributed by atoms with Gasteiger partial charge in [0.1, 0.15) is 17.3 Å². The molecule has 1 atom stereocenters. The molecule has 20 heavy (non-hydrogen) atoms. The normalized spacial score (nSPS) is 12.2. The number of benzene rings is 2. The summed E-state index contributed by atoms with van der Waals surface area (Å²) in [5, 5.41) is 13.2. The van der Waals surface area contributed by atoms with E-state index in [1.165, 1.54) is 12.1 Å². The van der Waals surface area contributed by atoms with Gasteiger partial charge < -0.3 is 15.2 Å². The van der Waals surface area contributed by atoms with Gasteiger partial charge in [-0.05, 0) is 30.7 Å². The molecule has 4 heteroatoms. The molecule has 0 aromatic heterocycles. The second-order valence-corrected chi connectivity index (χ2v) is 4.65. The Morgan fingerprint density at radius 3 is 2.50 bits per heavy atom. The molecule has 0 aliphatic carbocycles. The lowest BCUT2D eigenvalue weighted by Gasteiger charge is -2.16. The van der Waals surface area contributed by atoms with Gasteiger partial charge in [0.15, 0.2) is 0 Å². The first-order valence-corrected chi connectivity index (χ1v) is 6.45. The molecule has 0 heterocycles. The number of nitrogens with one attached hydrogen (secondary N) is 1. The fourth-order valence-corrected chi connectivity index (χ4v) is 2.00. The summed E-state index contributed by atoms with van der Waals surface area (Å²) in [6.45, 7) is 2.57. The van der Waals surface area contributed by atoms with E-state index in [1.54, 1.807) is 25.3 Å². The Bertz CT molecular complexity index is 569. The Labute approximate surface area is 118 Å². The molecule has 2 rings (SSSR count). The maximum atomic E-state index is 12.8. The van der Waals surface area contributed by atoms with E-state index < -0.39 is 0 Å². The van der Waals surface area contributed by atoms with Gasteiger partial charge in [-0.15, -0.1) is 0 Å². The van der Waals surface area contributed by atoms with E-state index in [9.17, 15) is 9.50 Å². The third-order valence-corrected chi connectivity index (χ3v) is 3.23. The Kier molecular flexibility index (Phi) is 4.58. The first-order valence-electron chi connectivity index (χ1n) is 6.45. The van der Waals surface area contributed by atoms with Crippen LogP contribution in [0.2, 0.25) is 0 Å². The lowest BCUT2D eigenvalue weighted by molar-refractivity contribution is 0.404. The molecule has 0 saturated carbocycles. The molecule has 2 aromatic rings. The highest BCUT2D eigenvalue weighted by atomic mass is 19.1. The van der Waals surface area contributed by atoms with E-state index in [4.69, 9.17) is 4.74 Å². The predicted molar refractivity (Wildman–Crippen MR) is 76.3 cm³/mol. The lowest BCUT2D eigenvalue weighted by atomic mass is 10.1. The molecule has 0 amide bonds. The smallest absolute Gasteiger partial charge is 0.124 e. The van der Waals surface area contributed by atoms with Crippen LogP contribution in [0.3, 0.4) is 0 Å². The van der Waals surface area contributed by atoms with Gasteiger partial charge in [0, 0.05) is 24.2 Å². The maximum absolute atomic E-state index is 12.8. The second-order valence-electron chi connectivity index (χ2n) is 4.65. The zero-order chi connectivity index (χ0) is 14.5. The highest BCUT2D eigenvalue weighted by molar-refractivity contribution is 5.41. The third-order valence-electron chi connectivity index (χ3n) is 3.23. The molecule has 106 valence electrons. The van der Waals surface area contributed by atoms with Gasteiger partial charge in [0.2, 0.25) is 0 Å². The van der Waals surface area contributed by atoms with Gasteiger partial charge in [-0.1, -0.05) is 18.2 Å². The van der Waals surface area contributed by atoms with Gasteiger partial charge in [0.25, 0.3) is 0 Å². The van der Waals surface area contributed by atoms with Crippen molar-refractivity contribution in [1.82, 2.24) is 5.32 Å². The van der Waals surface area contributed by atoms with E-state index >= 15 is 0 Å². The van der Waals surface area contributed by atoms with Crippen molar-refractivity contribution in [3.05, 3.63) is 59.4 Å². The first-order chi connectivity index (χ1) is 9.60. The number of aromatic hydroxyl groups is 1. The highest BCUT2D eigenvalue weighted by Crippen LogP contribution is 2.28. The van der Waals surface area contributed by atoms with Crippen LogP contribution in [0.25, 0.3) is 0 Å². The van der Waals surface area contributed by atoms with Crippen molar-refractivity contribution >= 4 is 0 Å². The summed E-state index contributed by atoms with van der Waals surface area (Å²) >= 11 is 0. The van der Waals surface area contributed by atoms with Crippen molar-refractivity contribution in [3.8, 4) is 11.5 Å². The number of ether oxygens (including phenoxy) is 1. The molecule has 0 bridgehead atoms. The van der Waals surface area contributed by atoms with Crippen LogP contribution < -0.4 is 10.1 Å². The SMILES string of the molecule is COc1ccc(C(C)NCc2ccc(F)cc2)c(O)c1. The van der Waals surface area contributed by atoms with Gasteiger partial charge in [-0.2, -0.15) is 0 Å². The molecule has 0 spiro atoms. The minimum atomic E-state index is -0.241.